The number of alkyl halides is 4. The van der Waals surface area contributed by atoms with Crippen molar-refractivity contribution in [1.82, 2.24) is 0 Å². The van der Waals surface area contributed by atoms with Gasteiger partial charge in [-0.1, -0.05) is 51.9 Å². The summed E-state index contributed by atoms with van der Waals surface area (Å²) in [4.78, 5) is 0. The Bertz CT molecular complexity index is 674. The highest BCUT2D eigenvalue weighted by Gasteiger charge is 2.47. The average molecular weight is 559 g/mol. The molecule has 0 spiro atoms. The first-order chi connectivity index (χ1) is 18.9. The molecule has 0 heterocycles. The third-order valence-electron chi connectivity index (χ3n) is 11.7. The van der Waals surface area contributed by atoms with Gasteiger partial charge in [-0.05, 0) is 125 Å². The summed E-state index contributed by atoms with van der Waals surface area (Å²) < 4.78 is 66.4. The second kappa shape index (κ2) is 15.8. The largest absolute Gasteiger partial charge is 0.379 e. The molecule has 0 aromatic rings. The maximum absolute atomic E-state index is 15.5. The Labute approximate surface area is 237 Å². The molecule has 5 heteroatoms. The van der Waals surface area contributed by atoms with Crippen LogP contribution in [0.2, 0.25) is 0 Å². The van der Waals surface area contributed by atoms with Crippen LogP contribution in [0.1, 0.15) is 136 Å². The van der Waals surface area contributed by atoms with Crippen LogP contribution in [0.4, 0.5) is 17.6 Å². The molecule has 7 unspecified atom stereocenters. The van der Waals surface area contributed by atoms with Crippen LogP contribution >= 0.6 is 0 Å². The molecule has 0 saturated heterocycles. The molecule has 8 atom stereocenters. The van der Waals surface area contributed by atoms with Gasteiger partial charge in [0.2, 0.25) is 0 Å². The molecule has 4 saturated carbocycles. The van der Waals surface area contributed by atoms with Crippen LogP contribution in [0.25, 0.3) is 0 Å². The van der Waals surface area contributed by atoms with E-state index >= 15 is 8.78 Å². The summed E-state index contributed by atoms with van der Waals surface area (Å²) in [5.41, 5.74) is 0. The first kappa shape index (κ1) is 31.6. The van der Waals surface area contributed by atoms with Crippen molar-refractivity contribution in [3.8, 4) is 0 Å². The third kappa shape index (κ3) is 8.38. The van der Waals surface area contributed by atoms with E-state index in [1.807, 2.05) is 6.92 Å². The maximum atomic E-state index is 15.5. The van der Waals surface area contributed by atoms with Crippen LogP contribution in [0.3, 0.4) is 0 Å². The molecular weight excluding hydrogens is 500 g/mol. The molecule has 4 fully saturated rings. The third-order valence-corrected chi connectivity index (χ3v) is 11.7. The van der Waals surface area contributed by atoms with Gasteiger partial charge < -0.3 is 4.74 Å². The normalized spacial score (nSPS) is 43.8. The highest BCUT2D eigenvalue weighted by molar-refractivity contribution is 4.96. The van der Waals surface area contributed by atoms with Gasteiger partial charge >= 0.3 is 0 Å². The number of halogens is 4. The Morgan fingerprint density at radius 2 is 1.05 bits per heavy atom. The van der Waals surface area contributed by atoms with Crippen molar-refractivity contribution in [3.63, 3.8) is 0 Å². The molecule has 0 aromatic heterocycles. The van der Waals surface area contributed by atoms with Crippen molar-refractivity contribution >= 4 is 0 Å². The second-order valence-electron chi connectivity index (χ2n) is 14.0. The van der Waals surface area contributed by atoms with E-state index in [-0.39, 0.29) is 29.6 Å². The molecule has 0 amide bonds. The monoisotopic (exact) mass is 558 g/mol. The number of hydrogen-bond acceptors (Lipinski definition) is 1. The minimum atomic E-state index is -1.32. The zero-order valence-electron chi connectivity index (χ0n) is 25.0. The summed E-state index contributed by atoms with van der Waals surface area (Å²) in [5.74, 6) is 0.668. The van der Waals surface area contributed by atoms with Gasteiger partial charge in [0.1, 0.15) is 24.7 Å². The molecule has 4 aliphatic rings. The van der Waals surface area contributed by atoms with Crippen molar-refractivity contribution in [2.75, 3.05) is 6.61 Å². The van der Waals surface area contributed by atoms with Crippen molar-refractivity contribution in [2.24, 2.45) is 41.4 Å². The smallest absolute Gasteiger partial charge is 0.134 e. The lowest BCUT2D eigenvalue weighted by Crippen LogP contribution is -2.45. The van der Waals surface area contributed by atoms with E-state index in [4.69, 9.17) is 4.74 Å². The molecule has 4 aliphatic carbocycles. The van der Waals surface area contributed by atoms with Gasteiger partial charge in [-0.2, -0.15) is 0 Å². The van der Waals surface area contributed by atoms with Gasteiger partial charge in [0.25, 0.3) is 0 Å². The van der Waals surface area contributed by atoms with E-state index in [9.17, 15) is 8.78 Å². The van der Waals surface area contributed by atoms with Gasteiger partial charge in [0.05, 0.1) is 6.10 Å². The molecule has 0 aliphatic heterocycles. The Morgan fingerprint density at radius 1 is 0.513 bits per heavy atom. The molecule has 1 nitrogen and oxygen atoms in total. The maximum Gasteiger partial charge on any atom is 0.134 e. The fourth-order valence-electron chi connectivity index (χ4n) is 9.15. The Morgan fingerprint density at radius 3 is 1.59 bits per heavy atom. The average Bonchev–Trinajstić information content (AvgIpc) is 2.95. The highest BCUT2D eigenvalue weighted by Crippen LogP contribution is 2.48. The van der Waals surface area contributed by atoms with Gasteiger partial charge in [-0.3, -0.25) is 0 Å². The lowest BCUT2D eigenvalue weighted by molar-refractivity contribution is -0.0476. The highest BCUT2D eigenvalue weighted by atomic mass is 19.2. The Kier molecular flexibility index (Phi) is 12.8. The van der Waals surface area contributed by atoms with Gasteiger partial charge in [-0.15, -0.1) is 0 Å². The van der Waals surface area contributed by atoms with Crippen LogP contribution in [0.5, 0.6) is 0 Å². The van der Waals surface area contributed by atoms with Gasteiger partial charge in [-0.25, -0.2) is 17.6 Å². The minimum Gasteiger partial charge on any atom is -0.379 e. The number of unbranched alkanes of at least 4 members (excludes halogenated alkanes) is 3. The van der Waals surface area contributed by atoms with Crippen LogP contribution in [-0.4, -0.2) is 37.4 Å². The zero-order valence-corrected chi connectivity index (χ0v) is 25.0. The molecule has 4 rings (SSSR count). The van der Waals surface area contributed by atoms with E-state index in [1.54, 1.807) is 0 Å². The quantitative estimate of drug-likeness (QED) is 0.171. The van der Waals surface area contributed by atoms with Crippen LogP contribution in [-0.2, 0) is 4.74 Å². The Balaban J connectivity index is 1.15. The first-order valence-corrected chi connectivity index (χ1v) is 17.1. The summed E-state index contributed by atoms with van der Waals surface area (Å²) in [6.45, 7) is 4.93. The van der Waals surface area contributed by atoms with Crippen LogP contribution in [0.15, 0.2) is 0 Å². The molecule has 0 aromatic carbocycles. The molecule has 0 radical (unpaired) electrons. The van der Waals surface area contributed by atoms with E-state index in [0.29, 0.717) is 17.9 Å². The Hall–Kier alpha value is -0.320. The standard InChI is InChI=1S/C34H58F4O/c1-3-5-6-7-8-26-15-16-27(32(36)31(26)35)14-11-23-9-12-24(13-10-23)29-21-22-30(34(38)33(29)37)25-17-19-28(20-18-25)39-4-2/h23-34H,3-22H2,1-2H3/t23?,24?,25?,26?,27?,28?,29?,30?,31-,32?,33?,34?/m0/s1. The number of ether oxygens (including phenoxy) is 1. The molecule has 0 N–H and O–H groups in total. The topological polar surface area (TPSA) is 9.23 Å². The summed E-state index contributed by atoms with van der Waals surface area (Å²) >= 11 is 0. The van der Waals surface area contributed by atoms with E-state index in [0.717, 1.165) is 116 Å². The van der Waals surface area contributed by atoms with Crippen molar-refractivity contribution < 1.29 is 22.3 Å². The van der Waals surface area contributed by atoms with E-state index in [2.05, 4.69) is 6.92 Å². The minimum absolute atomic E-state index is 0.0864. The SMILES string of the molecule is CCCCCCC1CCC(CCC2CCC(C3CCC(C4CCC(OCC)CC4)C(F)C3F)CC2)C(F)[C@H]1F. The van der Waals surface area contributed by atoms with Crippen molar-refractivity contribution in [2.45, 2.75) is 167 Å². The zero-order chi connectivity index (χ0) is 27.8. The number of rotatable bonds is 12. The number of hydrogen-bond donors (Lipinski definition) is 0. The van der Waals surface area contributed by atoms with Crippen LogP contribution in [0, 0.1) is 41.4 Å². The second-order valence-corrected chi connectivity index (χ2v) is 14.0. The molecule has 39 heavy (non-hydrogen) atoms. The molecule has 228 valence electrons. The fourth-order valence-corrected chi connectivity index (χ4v) is 9.15. The van der Waals surface area contributed by atoms with Crippen molar-refractivity contribution in [3.05, 3.63) is 0 Å². The lowest BCUT2D eigenvalue weighted by Gasteiger charge is -2.44. The summed E-state index contributed by atoms with van der Waals surface area (Å²) in [7, 11) is 0. The summed E-state index contributed by atoms with van der Waals surface area (Å²) in [6.07, 6.45) is 13.5. The summed E-state index contributed by atoms with van der Waals surface area (Å²) in [6, 6.07) is 0. The van der Waals surface area contributed by atoms with Gasteiger partial charge in [0.15, 0.2) is 0 Å². The predicted octanol–water partition coefficient (Wildman–Crippen LogP) is 10.5. The van der Waals surface area contributed by atoms with E-state index in [1.165, 1.54) is 12.8 Å². The van der Waals surface area contributed by atoms with Gasteiger partial charge in [0, 0.05) is 6.61 Å². The fraction of sp³-hybridized carbons (Fsp3) is 1.00. The summed E-state index contributed by atoms with van der Waals surface area (Å²) in [5, 5.41) is 0. The molecule has 0 bridgehead atoms. The lowest BCUT2D eigenvalue weighted by atomic mass is 9.63. The van der Waals surface area contributed by atoms with Crippen molar-refractivity contribution in [1.29, 1.82) is 0 Å². The first-order valence-electron chi connectivity index (χ1n) is 17.1. The van der Waals surface area contributed by atoms with E-state index < -0.39 is 24.7 Å². The predicted molar refractivity (Wildman–Crippen MR) is 153 cm³/mol. The molecular formula is C34H58F4O. The van der Waals surface area contributed by atoms with Crippen LogP contribution < -0.4 is 0 Å².